The van der Waals surface area contributed by atoms with Crippen LogP contribution in [0, 0.1) is 5.82 Å². The summed E-state index contributed by atoms with van der Waals surface area (Å²) in [5.41, 5.74) is 2.04. The summed E-state index contributed by atoms with van der Waals surface area (Å²) < 4.78 is 42.6. The first-order chi connectivity index (χ1) is 14.5. The van der Waals surface area contributed by atoms with E-state index in [2.05, 4.69) is 4.72 Å². The third kappa shape index (κ3) is 3.41. The van der Waals surface area contributed by atoms with E-state index in [1.165, 1.54) is 23.9 Å². The topological polar surface area (TPSA) is 46.2 Å². The highest BCUT2D eigenvalue weighted by atomic mass is 32.2. The van der Waals surface area contributed by atoms with Crippen LogP contribution in [0.1, 0.15) is 22.4 Å². The Morgan fingerprint density at radius 1 is 0.767 bits per heavy atom. The molecule has 0 aliphatic heterocycles. The molecule has 2 atom stereocenters. The first kappa shape index (κ1) is 19.3. The molecule has 3 nitrogen and oxygen atoms in total. The molecule has 0 fully saturated rings. The smallest absolute Gasteiger partial charge is 0.207 e. The highest BCUT2D eigenvalue weighted by Crippen LogP contribution is 2.53. The molecule has 0 heterocycles. The van der Waals surface area contributed by atoms with Crippen LogP contribution in [0.4, 0.5) is 4.39 Å². The molecule has 4 aromatic carbocycles. The highest BCUT2D eigenvalue weighted by Gasteiger charge is 2.37. The number of rotatable bonds is 5. The first-order valence-electron chi connectivity index (χ1n) is 9.54. The molecule has 0 radical (unpaired) electrons. The van der Waals surface area contributed by atoms with Crippen LogP contribution in [0.25, 0.3) is 10.8 Å². The average Bonchev–Trinajstić information content (AvgIpc) is 3.05. The molecule has 0 spiro atoms. The van der Waals surface area contributed by atoms with Crippen LogP contribution in [0.3, 0.4) is 0 Å². The first-order valence-corrected chi connectivity index (χ1v) is 11.9. The molecule has 0 bridgehead atoms. The zero-order chi connectivity index (χ0) is 20.7. The van der Waals surface area contributed by atoms with Gasteiger partial charge in [-0.1, -0.05) is 54.6 Å². The van der Waals surface area contributed by atoms with E-state index in [0.717, 1.165) is 26.8 Å². The minimum atomic E-state index is -3.71. The zero-order valence-corrected chi connectivity index (χ0v) is 17.5. The standard InChI is InChI=1S/C24H18FNO2S2/c25-17-12-14-18(15-13-17)29-24-21-11-5-7-16-6-4-10-20(22(16)21)23(24)26-30(27,28)19-8-2-1-3-9-19/h1-15,23-24,26H/t23-,24+/m0/s1. The SMILES string of the molecule is O=S(=O)(N[C@H]1c2cccc3cccc(c23)[C@H]1Sc1ccc(F)cc1)c1ccccc1. The molecule has 0 amide bonds. The Morgan fingerprint density at radius 3 is 2.13 bits per heavy atom. The van der Waals surface area contributed by atoms with Gasteiger partial charge in [0.2, 0.25) is 10.0 Å². The molecule has 0 unspecified atom stereocenters. The van der Waals surface area contributed by atoms with Gasteiger partial charge in [0.25, 0.3) is 0 Å². The number of thioether (sulfide) groups is 1. The van der Waals surface area contributed by atoms with Gasteiger partial charge >= 0.3 is 0 Å². The molecule has 4 aromatic rings. The lowest BCUT2D eigenvalue weighted by molar-refractivity contribution is 0.557. The minimum absolute atomic E-state index is 0.171. The molecule has 1 aliphatic rings. The van der Waals surface area contributed by atoms with Crippen molar-refractivity contribution in [2.24, 2.45) is 0 Å². The number of benzene rings is 4. The molecule has 0 saturated heterocycles. The van der Waals surface area contributed by atoms with Crippen molar-refractivity contribution in [2.45, 2.75) is 21.1 Å². The Kier molecular flexibility index (Phi) is 4.85. The van der Waals surface area contributed by atoms with Crippen molar-refractivity contribution in [3.8, 4) is 0 Å². The molecule has 0 aromatic heterocycles. The predicted molar refractivity (Wildman–Crippen MR) is 118 cm³/mol. The van der Waals surface area contributed by atoms with E-state index in [1.54, 1.807) is 42.5 Å². The summed E-state index contributed by atoms with van der Waals surface area (Å²) in [7, 11) is -3.71. The largest absolute Gasteiger partial charge is 0.241 e. The zero-order valence-electron chi connectivity index (χ0n) is 15.8. The molecule has 1 N–H and O–H groups in total. The number of halogens is 1. The van der Waals surface area contributed by atoms with Crippen molar-refractivity contribution in [2.75, 3.05) is 0 Å². The Balaban J connectivity index is 1.60. The van der Waals surface area contributed by atoms with E-state index in [9.17, 15) is 12.8 Å². The summed E-state index contributed by atoms with van der Waals surface area (Å²) >= 11 is 1.54. The molecule has 5 rings (SSSR count). The fraction of sp³-hybridized carbons (Fsp3) is 0.0833. The van der Waals surface area contributed by atoms with Gasteiger partial charge in [-0.3, -0.25) is 0 Å². The second kappa shape index (κ2) is 7.54. The van der Waals surface area contributed by atoms with Crippen molar-refractivity contribution in [1.82, 2.24) is 4.72 Å². The summed E-state index contributed by atoms with van der Waals surface area (Å²) in [5, 5.41) is 1.99. The van der Waals surface area contributed by atoms with Crippen molar-refractivity contribution >= 4 is 32.6 Å². The van der Waals surface area contributed by atoms with Gasteiger partial charge in [0.1, 0.15) is 5.82 Å². The van der Waals surface area contributed by atoms with Crippen LogP contribution in [-0.2, 0) is 10.0 Å². The second-order valence-corrected chi connectivity index (χ2v) is 10.1. The van der Waals surface area contributed by atoms with Gasteiger partial charge in [-0.2, -0.15) is 0 Å². The van der Waals surface area contributed by atoms with Gasteiger partial charge < -0.3 is 0 Å². The van der Waals surface area contributed by atoms with E-state index in [4.69, 9.17) is 0 Å². The fourth-order valence-corrected chi connectivity index (χ4v) is 6.59. The Bertz CT molecular complexity index is 1320. The number of hydrogen-bond donors (Lipinski definition) is 1. The third-order valence-electron chi connectivity index (χ3n) is 5.33. The number of nitrogens with one attached hydrogen (secondary N) is 1. The number of hydrogen-bond acceptors (Lipinski definition) is 3. The maximum atomic E-state index is 13.4. The predicted octanol–water partition coefficient (Wildman–Crippen LogP) is 5.85. The van der Waals surface area contributed by atoms with Gasteiger partial charge in [0.05, 0.1) is 16.2 Å². The van der Waals surface area contributed by atoms with Crippen LogP contribution in [0.15, 0.2) is 101 Å². The quantitative estimate of drug-likeness (QED) is 0.428. The van der Waals surface area contributed by atoms with E-state index >= 15 is 0 Å². The molecule has 1 aliphatic carbocycles. The Labute approximate surface area is 179 Å². The van der Waals surface area contributed by atoms with E-state index in [0.29, 0.717) is 0 Å². The summed E-state index contributed by atoms with van der Waals surface area (Å²) in [6.07, 6.45) is 0. The van der Waals surface area contributed by atoms with E-state index in [1.807, 2.05) is 36.4 Å². The summed E-state index contributed by atoms with van der Waals surface area (Å²) in [4.78, 5) is 1.12. The van der Waals surface area contributed by atoms with Crippen LogP contribution in [0.2, 0.25) is 0 Å². The van der Waals surface area contributed by atoms with Gasteiger partial charge in [-0.05, 0) is 58.3 Å². The third-order valence-corrected chi connectivity index (χ3v) is 8.11. The van der Waals surface area contributed by atoms with Crippen LogP contribution in [-0.4, -0.2) is 8.42 Å². The molecular formula is C24H18FNO2S2. The minimum Gasteiger partial charge on any atom is -0.207 e. The van der Waals surface area contributed by atoms with Gasteiger partial charge in [-0.15, -0.1) is 11.8 Å². The second-order valence-electron chi connectivity index (χ2n) is 7.20. The van der Waals surface area contributed by atoms with Gasteiger partial charge in [0.15, 0.2) is 0 Å². The van der Waals surface area contributed by atoms with Gasteiger partial charge in [0, 0.05) is 4.90 Å². The average molecular weight is 436 g/mol. The fourth-order valence-electron chi connectivity index (χ4n) is 3.99. The van der Waals surface area contributed by atoms with E-state index < -0.39 is 16.1 Å². The lowest BCUT2D eigenvalue weighted by Crippen LogP contribution is -2.29. The summed E-state index contributed by atoms with van der Waals surface area (Å²) in [5.74, 6) is -0.294. The van der Waals surface area contributed by atoms with Crippen molar-refractivity contribution in [1.29, 1.82) is 0 Å². The van der Waals surface area contributed by atoms with Crippen LogP contribution < -0.4 is 4.72 Å². The normalized spacial score (nSPS) is 18.0. The lowest BCUT2D eigenvalue weighted by atomic mass is 10.1. The summed E-state index contributed by atoms with van der Waals surface area (Å²) in [6, 6.07) is 26.3. The lowest BCUT2D eigenvalue weighted by Gasteiger charge is -2.23. The van der Waals surface area contributed by atoms with Gasteiger partial charge in [-0.25, -0.2) is 17.5 Å². The number of sulfonamides is 1. The maximum Gasteiger partial charge on any atom is 0.241 e. The van der Waals surface area contributed by atoms with Crippen LogP contribution >= 0.6 is 11.8 Å². The Morgan fingerprint density at radius 2 is 1.43 bits per heavy atom. The van der Waals surface area contributed by atoms with Crippen LogP contribution in [0.5, 0.6) is 0 Å². The highest BCUT2D eigenvalue weighted by molar-refractivity contribution is 7.99. The van der Waals surface area contributed by atoms with Crippen molar-refractivity contribution in [3.05, 3.63) is 108 Å². The molecule has 0 saturated carbocycles. The summed E-state index contributed by atoms with van der Waals surface area (Å²) in [6.45, 7) is 0. The molecule has 150 valence electrons. The van der Waals surface area contributed by atoms with E-state index in [-0.39, 0.29) is 16.0 Å². The molecular weight excluding hydrogens is 417 g/mol. The monoisotopic (exact) mass is 435 g/mol. The molecule has 30 heavy (non-hydrogen) atoms. The maximum absolute atomic E-state index is 13.4. The Hall–Kier alpha value is -2.67. The molecule has 6 heteroatoms. The van der Waals surface area contributed by atoms with Crippen molar-refractivity contribution in [3.63, 3.8) is 0 Å². The van der Waals surface area contributed by atoms with Crippen molar-refractivity contribution < 1.29 is 12.8 Å².